The molecule has 0 atom stereocenters. The van der Waals surface area contributed by atoms with Crippen LogP contribution in [-0.2, 0) is 10.0 Å². The van der Waals surface area contributed by atoms with Crippen LogP contribution in [0.3, 0.4) is 0 Å². The Morgan fingerprint density at radius 1 is 1.32 bits per heavy atom. The molecule has 0 unspecified atom stereocenters. The Bertz CT molecular complexity index is 525. The van der Waals surface area contributed by atoms with E-state index < -0.39 is 10.0 Å². The average molecular weight is 286 g/mol. The molecule has 0 aromatic heterocycles. The highest BCUT2D eigenvalue weighted by Gasteiger charge is 2.26. The van der Waals surface area contributed by atoms with E-state index in [1.54, 1.807) is 13.1 Å². The second-order valence-corrected chi connectivity index (χ2v) is 6.39. The summed E-state index contributed by atoms with van der Waals surface area (Å²) in [6, 6.07) is 4.51. The molecule has 19 heavy (non-hydrogen) atoms. The van der Waals surface area contributed by atoms with E-state index in [2.05, 4.69) is 0 Å². The molecule has 0 saturated heterocycles. The highest BCUT2D eigenvalue weighted by Crippen LogP contribution is 2.27. The normalized spacial score (nSPS) is 12.1. The van der Waals surface area contributed by atoms with Gasteiger partial charge in [0, 0.05) is 19.2 Å². The molecule has 0 spiro atoms. The van der Waals surface area contributed by atoms with Crippen molar-refractivity contribution in [1.29, 1.82) is 0 Å². The second kappa shape index (κ2) is 6.25. The summed E-state index contributed by atoms with van der Waals surface area (Å²) in [5.41, 5.74) is 6.12. The van der Waals surface area contributed by atoms with Gasteiger partial charge in [-0.2, -0.15) is 4.31 Å². The Balaban J connectivity index is 3.20. The molecule has 0 amide bonds. The number of nitrogen functional groups attached to an aromatic ring is 1. The van der Waals surface area contributed by atoms with Crippen LogP contribution in [0.2, 0.25) is 0 Å². The van der Waals surface area contributed by atoms with Crippen LogP contribution < -0.4 is 10.5 Å². The Labute approximate surface area is 115 Å². The summed E-state index contributed by atoms with van der Waals surface area (Å²) in [6.07, 6.45) is 1.55. The Morgan fingerprint density at radius 3 is 2.37 bits per heavy atom. The summed E-state index contributed by atoms with van der Waals surface area (Å²) in [7, 11) is -0.442. The first kappa shape index (κ1) is 15.8. The fourth-order valence-electron chi connectivity index (χ4n) is 2.02. The first-order valence-electron chi connectivity index (χ1n) is 6.30. The van der Waals surface area contributed by atoms with Crippen LogP contribution >= 0.6 is 0 Å². The minimum absolute atomic E-state index is 0.00597. The molecule has 0 aliphatic carbocycles. The molecule has 0 aliphatic rings. The number of ether oxygens (including phenoxy) is 1. The summed E-state index contributed by atoms with van der Waals surface area (Å²) in [5.74, 6) is 0.374. The maximum Gasteiger partial charge on any atom is 0.243 e. The van der Waals surface area contributed by atoms with Crippen molar-refractivity contribution in [1.82, 2.24) is 4.31 Å². The van der Waals surface area contributed by atoms with Crippen molar-refractivity contribution in [3.05, 3.63) is 18.2 Å². The number of benzene rings is 1. The fourth-order valence-corrected chi connectivity index (χ4v) is 3.54. The molecule has 1 rings (SSSR count). The number of nitrogens with two attached hydrogens (primary N) is 1. The molecule has 6 heteroatoms. The van der Waals surface area contributed by atoms with Crippen molar-refractivity contribution in [2.45, 2.75) is 37.6 Å². The number of hydrogen-bond donors (Lipinski definition) is 1. The third-order valence-corrected chi connectivity index (χ3v) is 5.24. The number of sulfonamides is 1. The van der Waals surface area contributed by atoms with E-state index in [0.717, 1.165) is 12.8 Å². The maximum absolute atomic E-state index is 12.5. The van der Waals surface area contributed by atoms with Crippen LogP contribution in [-0.4, -0.2) is 32.9 Å². The van der Waals surface area contributed by atoms with Gasteiger partial charge in [0.05, 0.1) is 17.7 Å². The molecule has 0 saturated carbocycles. The monoisotopic (exact) mass is 286 g/mol. The van der Waals surface area contributed by atoms with E-state index in [4.69, 9.17) is 10.5 Å². The lowest BCUT2D eigenvalue weighted by Crippen LogP contribution is -2.36. The van der Waals surface area contributed by atoms with Gasteiger partial charge in [0.15, 0.2) is 0 Å². The standard InChI is InChI=1S/C13H22N2O3S/c1-5-10(6-2)15(3)19(16,17)11-7-8-12(14)13(9-11)18-4/h7-10H,5-6,14H2,1-4H3. The molecule has 0 heterocycles. The van der Waals surface area contributed by atoms with Crippen LogP contribution in [0.1, 0.15) is 26.7 Å². The van der Waals surface area contributed by atoms with Crippen LogP contribution in [0.5, 0.6) is 5.75 Å². The van der Waals surface area contributed by atoms with Gasteiger partial charge in [0.2, 0.25) is 10.0 Å². The van der Waals surface area contributed by atoms with E-state index in [1.807, 2.05) is 13.8 Å². The third-order valence-electron chi connectivity index (χ3n) is 3.34. The number of rotatable bonds is 6. The quantitative estimate of drug-likeness (QED) is 0.813. The van der Waals surface area contributed by atoms with E-state index in [9.17, 15) is 8.42 Å². The summed E-state index contributed by atoms with van der Waals surface area (Å²) in [4.78, 5) is 0.202. The molecule has 0 aliphatic heterocycles. The lowest BCUT2D eigenvalue weighted by atomic mass is 10.2. The number of hydrogen-bond acceptors (Lipinski definition) is 4. The first-order valence-corrected chi connectivity index (χ1v) is 7.74. The van der Waals surface area contributed by atoms with Gasteiger partial charge in [-0.25, -0.2) is 8.42 Å². The SMILES string of the molecule is CCC(CC)N(C)S(=O)(=O)c1ccc(N)c(OC)c1. The zero-order valence-electron chi connectivity index (χ0n) is 11.9. The molecule has 5 nitrogen and oxygen atoms in total. The summed E-state index contributed by atoms with van der Waals surface area (Å²) in [5, 5.41) is 0. The third kappa shape index (κ3) is 3.19. The van der Waals surface area contributed by atoms with Gasteiger partial charge in [0.25, 0.3) is 0 Å². The molecule has 2 N–H and O–H groups in total. The number of nitrogens with zero attached hydrogens (tertiary/aromatic N) is 1. The van der Waals surface area contributed by atoms with Crippen LogP contribution in [0, 0.1) is 0 Å². The smallest absolute Gasteiger partial charge is 0.243 e. The Hall–Kier alpha value is -1.27. The van der Waals surface area contributed by atoms with Crippen LogP contribution in [0.4, 0.5) is 5.69 Å². The summed E-state index contributed by atoms with van der Waals surface area (Å²) < 4.78 is 31.5. The van der Waals surface area contributed by atoms with Gasteiger partial charge >= 0.3 is 0 Å². The first-order chi connectivity index (χ1) is 8.88. The number of methoxy groups -OCH3 is 1. The summed E-state index contributed by atoms with van der Waals surface area (Å²) in [6.45, 7) is 3.95. The highest BCUT2D eigenvalue weighted by molar-refractivity contribution is 7.89. The molecule has 0 bridgehead atoms. The number of anilines is 1. The van der Waals surface area contributed by atoms with Crippen LogP contribution in [0.15, 0.2) is 23.1 Å². The molecule has 0 radical (unpaired) electrons. The van der Waals surface area contributed by atoms with Gasteiger partial charge in [0.1, 0.15) is 5.75 Å². The second-order valence-electron chi connectivity index (χ2n) is 4.40. The van der Waals surface area contributed by atoms with Crippen molar-refractivity contribution < 1.29 is 13.2 Å². The van der Waals surface area contributed by atoms with Gasteiger partial charge in [-0.1, -0.05) is 13.8 Å². The lowest BCUT2D eigenvalue weighted by molar-refractivity contribution is 0.349. The van der Waals surface area contributed by atoms with Crippen molar-refractivity contribution in [3.8, 4) is 5.75 Å². The van der Waals surface area contributed by atoms with Crippen molar-refractivity contribution in [2.75, 3.05) is 19.9 Å². The van der Waals surface area contributed by atoms with Crippen molar-refractivity contribution in [2.24, 2.45) is 0 Å². The van der Waals surface area contributed by atoms with Gasteiger partial charge in [-0.3, -0.25) is 0 Å². The highest BCUT2D eigenvalue weighted by atomic mass is 32.2. The van der Waals surface area contributed by atoms with Gasteiger partial charge < -0.3 is 10.5 Å². The molecule has 1 aromatic carbocycles. The van der Waals surface area contributed by atoms with Gasteiger partial charge in [-0.15, -0.1) is 0 Å². The maximum atomic E-state index is 12.5. The van der Waals surface area contributed by atoms with E-state index in [-0.39, 0.29) is 10.9 Å². The lowest BCUT2D eigenvalue weighted by Gasteiger charge is -2.25. The van der Waals surface area contributed by atoms with Crippen LogP contribution in [0.25, 0.3) is 0 Å². The van der Waals surface area contributed by atoms with Gasteiger partial charge in [-0.05, 0) is 25.0 Å². The predicted molar refractivity (Wildman–Crippen MR) is 76.7 cm³/mol. The Morgan fingerprint density at radius 2 is 1.89 bits per heavy atom. The topological polar surface area (TPSA) is 72.6 Å². The largest absolute Gasteiger partial charge is 0.495 e. The molecule has 1 aromatic rings. The molecular formula is C13H22N2O3S. The summed E-state index contributed by atoms with van der Waals surface area (Å²) >= 11 is 0. The minimum atomic E-state index is -3.51. The van der Waals surface area contributed by atoms with E-state index in [0.29, 0.717) is 11.4 Å². The predicted octanol–water partition coefficient (Wildman–Crippen LogP) is 2.09. The average Bonchev–Trinajstić information content (AvgIpc) is 2.40. The van der Waals surface area contributed by atoms with E-state index in [1.165, 1.54) is 23.5 Å². The molecule has 0 fully saturated rings. The molecular weight excluding hydrogens is 264 g/mol. The zero-order chi connectivity index (χ0) is 14.6. The van der Waals surface area contributed by atoms with Crippen molar-refractivity contribution >= 4 is 15.7 Å². The minimum Gasteiger partial charge on any atom is -0.495 e. The van der Waals surface area contributed by atoms with Crippen molar-refractivity contribution in [3.63, 3.8) is 0 Å². The fraction of sp³-hybridized carbons (Fsp3) is 0.538. The van der Waals surface area contributed by atoms with E-state index >= 15 is 0 Å². The zero-order valence-corrected chi connectivity index (χ0v) is 12.7. The Kier molecular flexibility index (Phi) is 5.20. The molecule has 108 valence electrons.